The van der Waals surface area contributed by atoms with Gasteiger partial charge in [0, 0.05) is 44.3 Å². The molecule has 0 saturated carbocycles. The molecule has 0 bridgehead atoms. The molecule has 9 aromatic carbocycles. The number of nitro groups is 1. The lowest BCUT2D eigenvalue weighted by Gasteiger charge is -2.07. The van der Waals surface area contributed by atoms with Gasteiger partial charge in [-0.2, -0.15) is 11.3 Å². The Morgan fingerprint density at radius 2 is 0.829 bits per heavy atom. The van der Waals surface area contributed by atoms with Crippen LogP contribution in [0.4, 0.5) is 23.2 Å². The van der Waals surface area contributed by atoms with Gasteiger partial charge in [0.05, 0.1) is 109 Å². The molecule has 0 amide bonds. The van der Waals surface area contributed by atoms with E-state index in [2.05, 4.69) is 0 Å². The summed E-state index contributed by atoms with van der Waals surface area (Å²) in [5, 5.41) is 81.4. The Hall–Kier alpha value is -15.4. The minimum Gasteiger partial charge on any atom is -0.504 e. The number of hydrogen-bond donors (Lipinski definition) is 7. The number of carbonyl (C=O) groups is 7. The second-order valence-electron chi connectivity index (χ2n) is 24.4. The number of aromatic hydroxyl groups is 7. The number of hydrogen-bond acceptors (Lipinski definition) is 25. The lowest BCUT2D eigenvalue weighted by molar-refractivity contribution is -0.385. The number of thiophene rings is 2. The largest absolute Gasteiger partial charge is 0.504 e. The highest BCUT2D eigenvalue weighted by Gasteiger charge is 2.22. The Kier molecular flexibility index (Phi) is 28.1. The standard InChI is InChI=1S/C15H11FO3.C15H9FO2S.2C12H10O4.C11H7FO3.C11H7FO2S.C11H7NO5/c16-13-7-11(6-12(8-17)15(13)18)9-1-2-14-10(5-9)3-4-19-14;16-12-6-10(5-11(8-17)15(12)18)14-7-9-3-1-2-4-13(9)19-14;1-15-11-5-9(8-2-3-16-7-8)4-10(6-13)12(11)14;1-15-11-6-8(10-3-2-4-16-10)5-9(7-13)12(11)14;2*12-10-4-8(7-1-2-15-6-7)3-9(5-13)11(10)14;13-5-9-3-8(7-1-2-17-6-7)4-10(11(9)14)12(15)16/h1-2,5-8,18H,3-4H2;1-8,18H;2*2-7,14H,1H3;2*1-6,14H;1-6,14H. The maximum absolute atomic E-state index is 13.6. The number of phenols is 7. The Labute approximate surface area is 667 Å². The third-order valence-corrected chi connectivity index (χ3v) is 19.0. The fraction of sp³-hybridized carbons (Fsp3) is 0.0460. The number of methoxy groups -OCH3 is 2. The Morgan fingerprint density at radius 1 is 0.410 bits per heavy atom. The topological polar surface area (TPSA) is 384 Å². The molecule has 0 radical (unpaired) electrons. The number of halogens is 4. The highest BCUT2D eigenvalue weighted by Crippen LogP contribution is 2.41. The van der Waals surface area contributed by atoms with Crippen molar-refractivity contribution in [3.8, 4) is 135 Å². The van der Waals surface area contributed by atoms with Crippen LogP contribution in [0, 0.1) is 33.4 Å². The van der Waals surface area contributed by atoms with Gasteiger partial charge in [0.2, 0.25) is 5.75 Å². The summed E-state index contributed by atoms with van der Waals surface area (Å²) < 4.78 is 89.8. The first kappa shape index (κ1) is 84.0. The summed E-state index contributed by atoms with van der Waals surface area (Å²) in [5.74, 6) is -4.57. The molecule has 0 spiro atoms. The minimum absolute atomic E-state index is 0.0313. The van der Waals surface area contributed by atoms with E-state index in [1.54, 1.807) is 60.9 Å². The second-order valence-corrected chi connectivity index (χ2v) is 26.3. The summed E-state index contributed by atoms with van der Waals surface area (Å²) in [6.45, 7) is 0.655. The number of nitrogens with zero attached hydrogens (tertiary/aromatic N) is 1. The van der Waals surface area contributed by atoms with Crippen molar-refractivity contribution in [3.63, 3.8) is 0 Å². The van der Waals surface area contributed by atoms with Gasteiger partial charge in [-0.05, 0) is 206 Å². The number of fused-ring (bicyclic) bond motifs is 2. The predicted octanol–water partition coefficient (Wildman–Crippen LogP) is 20.2. The van der Waals surface area contributed by atoms with Crippen LogP contribution in [0.15, 0.2) is 242 Å². The van der Waals surface area contributed by atoms with Crippen molar-refractivity contribution in [2.45, 2.75) is 6.42 Å². The second kappa shape index (κ2) is 39.2. The maximum atomic E-state index is 13.6. The fourth-order valence-corrected chi connectivity index (χ4v) is 12.9. The molecule has 30 heteroatoms. The van der Waals surface area contributed by atoms with E-state index in [1.807, 2.05) is 65.4 Å². The van der Waals surface area contributed by atoms with Crippen LogP contribution in [0.25, 0.3) is 87.5 Å². The van der Waals surface area contributed by atoms with Crippen LogP contribution in [0.1, 0.15) is 78.1 Å². The van der Waals surface area contributed by atoms with Crippen LogP contribution in [-0.4, -0.2) is 105 Å². The summed E-state index contributed by atoms with van der Waals surface area (Å²) in [5.41, 5.74) is 8.41. The van der Waals surface area contributed by atoms with Gasteiger partial charge < -0.3 is 67.6 Å². The normalized spacial score (nSPS) is 10.7. The van der Waals surface area contributed by atoms with Crippen molar-refractivity contribution < 1.29 is 124 Å². The Balaban J connectivity index is 0.000000144. The minimum atomic E-state index is -0.823. The number of furan rings is 4. The van der Waals surface area contributed by atoms with Gasteiger partial charge in [0.1, 0.15) is 11.5 Å². The van der Waals surface area contributed by atoms with Crippen molar-refractivity contribution in [1.29, 1.82) is 0 Å². The molecule has 1 aliphatic heterocycles. The van der Waals surface area contributed by atoms with Gasteiger partial charge in [-0.15, -0.1) is 11.3 Å². The average molecular weight is 1630 g/mol. The molecule has 6 aromatic heterocycles. The van der Waals surface area contributed by atoms with Gasteiger partial charge in [0.25, 0.3) is 0 Å². The first-order chi connectivity index (χ1) is 56.5. The van der Waals surface area contributed by atoms with Crippen molar-refractivity contribution in [2.75, 3.05) is 20.8 Å². The van der Waals surface area contributed by atoms with E-state index in [-0.39, 0.29) is 61.9 Å². The van der Waals surface area contributed by atoms with Crippen LogP contribution < -0.4 is 14.2 Å². The number of rotatable bonds is 17. The molecule has 15 aromatic rings. The monoisotopic (exact) mass is 1630 g/mol. The number of nitro benzene ring substituents is 1. The first-order valence-electron chi connectivity index (χ1n) is 34.0. The van der Waals surface area contributed by atoms with Crippen LogP contribution in [-0.2, 0) is 6.42 Å². The molecule has 16 rings (SSSR count). The van der Waals surface area contributed by atoms with E-state index in [0.29, 0.717) is 101 Å². The van der Waals surface area contributed by atoms with Crippen molar-refractivity contribution >= 4 is 82.5 Å². The first-order valence-corrected chi connectivity index (χ1v) is 35.7. The summed E-state index contributed by atoms with van der Waals surface area (Å²) in [7, 11) is 2.86. The van der Waals surface area contributed by atoms with Crippen LogP contribution in [0.2, 0.25) is 0 Å². The lowest BCUT2D eigenvalue weighted by atomic mass is 9.99. The highest BCUT2D eigenvalue weighted by molar-refractivity contribution is 7.22. The molecule has 7 heterocycles. The van der Waals surface area contributed by atoms with Crippen molar-refractivity contribution in [3.05, 3.63) is 302 Å². The molecule has 0 unspecified atom stereocenters. The quantitative estimate of drug-likeness (QED) is 0.0193. The number of phenolic OH excluding ortho intramolecular Hbond substituents is 7. The molecule has 0 aliphatic carbocycles. The van der Waals surface area contributed by atoms with E-state index in [4.69, 9.17) is 31.9 Å². The summed E-state index contributed by atoms with van der Waals surface area (Å²) >= 11 is 3.00. The molecule has 0 atom stereocenters. The molecular weight excluding hydrogens is 1570 g/mol. The number of ether oxygens (including phenoxy) is 3. The van der Waals surface area contributed by atoms with Crippen molar-refractivity contribution in [1.82, 2.24) is 0 Å². The molecule has 1 aliphatic rings. The summed E-state index contributed by atoms with van der Waals surface area (Å²) in [6.07, 6.45) is 14.4. The molecule has 0 fully saturated rings. The van der Waals surface area contributed by atoms with Crippen LogP contribution >= 0.6 is 22.7 Å². The van der Waals surface area contributed by atoms with Gasteiger partial charge in [-0.1, -0.05) is 24.3 Å². The Morgan fingerprint density at radius 3 is 1.26 bits per heavy atom. The van der Waals surface area contributed by atoms with Gasteiger partial charge in [-0.25, -0.2) is 17.6 Å². The number of aldehydes is 7. The Bertz CT molecular complexity index is 5840. The number of benzene rings is 9. The maximum Gasteiger partial charge on any atom is 0.312 e. The predicted molar refractivity (Wildman–Crippen MR) is 424 cm³/mol. The molecule has 0 saturated heterocycles. The molecule has 24 nitrogen and oxygen atoms in total. The fourth-order valence-electron chi connectivity index (χ4n) is 11.2. The van der Waals surface area contributed by atoms with Gasteiger partial charge in [-0.3, -0.25) is 43.7 Å². The summed E-state index contributed by atoms with van der Waals surface area (Å²) in [6, 6.07) is 45.3. The van der Waals surface area contributed by atoms with Gasteiger partial charge >= 0.3 is 5.69 Å². The zero-order valence-electron chi connectivity index (χ0n) is 60.8. The van der Waals surface area contributed by atoms with E-state index in [0.717, 1.165) is 61.0 Å². The highest BCUT2D eigenvalue weighted by atomic mass is 32.1. The van der Waals surface area contributed by atoms with Crippen LogP contribution in [0.3, 0.4) is 0 Å². The molecule has 7 N–H and O–H groups in total. The van der Waals surface area contributed by atoms with Crippen LogP contribution in [0.5, 0.6) is 57.5 Å². The third kappa shape index (κ3) is 20.3. The van der Waals surface area contributed by atoms with E-state index in [9.17, 15) is 97.0 Å². The average Bonchev–Trinajstić information content (AvgIpc) is 1.74. The third-order valence-electron chi connectivity index (χ3n) is 17.2. The smallest absolute Gasteiger partial charge is 0.312 e. The molecule has 117 heavy (non-hydrogen) atoms. The van der Waals surface area contributed by atoms with E-state index >= 15 is 0 Å². The van der Waals surface area contributed by atoms with Crippen molar-refractivity contribution in [2.24, 2.45) is 0 Å². The summed E-state index contributed by atoms with van der Waals surface area (Å²) in [4.78, 5) is 85.8. The number of carbonyl (C=O) groups excluding carboxylic acids is 7. The van der Waals surface area contributed by atoms with Gasteiger partial charge in [0.15, 0.2) is 113 Å². The molecular formula is C87H61F4NO23S2. The molecule has 592 valence electrons. The lowest BCUT2D eigenvalue weighted by Crippen LogP contribution is -1.93. The zero-order chi connectivity index (χ0) is 84.0. The zero-order valence-corrected chi connectivity index (χ0v) is 62.4. The SMILES string of the molecule is COc1cc(-c2ccco2)cc(C=O)c1O.COc1cc(-c2ccoc2)cc(C=O)c1O.O=Cc1cc(-c2cc3ccccc3s2)cc(F)c1O.O=Cc1cc(-c2ccc3c(c2)CCO3)cc(F)c1O.O=Cc1cc(-c2ccoc2)cc(F)c1O.O=Cc1cc(-c2ccoc2)cc([N+](=O)[O-])c1O.O=Cc1cc(-c2ccsc2)cc(F)c1O. The van der Waals surface area contributed by atoms with E-state index < -0.39 is 62.6 Å². The van der Waals surface area contributed by atoms with E-state index in [1.165, 1.54) is 129 Å².